The predicted molar refractivity (Wildman–Crippen MR) is 99.5 cm³/mol. The molecule has 28 heavy (non-hydrogen) atoms. The summed E-state index contributed by atoms with van der Waals surface area (Å²) in [5, 5.41) is 21.6. The lowest BCUT2D eigenvalue weighted by Gasteiger charge is -2.32. The zero-order valence-electron chi connectivity index (χ0n) is 16.4. The molecule has 0 aromatic carbocycles. The third-order valence-electron chi connectivity index (χ3n) is 5.07. The summed E-state index contributed by atoms with van der Waals surface area (Å²) in [5.74, 6) is -0.536. The number of carbonyl (C=O) groups is 2. The first-order valence-electron chi connectivity index (χ1n) is 9.35. The molecule has 3 rings (SSSR count). The highest BCUT2D eigenvalue weighted by Gasteiger charge is 2.31. The maximum atomic E-state index is 12.7. The number of rotatable bonds is 6. The average molecular weight is 390 g/mol. The van der Waals surface area contributed by atoms with Crippen molar-refractivity contribution in [2.75, 3.05) is 33.8 Å². The van der Waals surface area contributed by atoms with E-state index in [-0.39, 0.29) is 36.9 Å². The molecule has 3 atom stereocenters. The van der Waals surface area contributed by atoms with Crippen LogP contribution in [-0.4, -0.2) is 92.8 Å². The molecule has 152 valence electrons. The van der Waals surface area contributed by atoms with Crippen LogP contribution >= 0.6 is 0 Å². The van der Waals surface area contributed by atoms with E-state index in [1.54, 1.807) is 32.4 Å². The van der Waals surface area contributed by atoms with Gasteiger partial charge in [-0.15, -0.1) is 5.10 Å². The van der Waals surface area contributed by atoms with Crippen LogP contribution in [0.4, 0.5) is 0 Å². The largest absolute Gasteiger partial charge is 0.389 e. The molecular formula is C18H26N6O4. The molecule has 2 aromatic rings. The topological polar surface area (TPSA) is 113 Å². The summed E-state index contributed by atoms with van der Waals surface area (Å²) in [6, 6.07) is 3.32. The lowest BCUT2D eigenvalue weighted by atomic mass is 9.94. The molecule has 10 nitrogen and oxygen atoms in total. The number of carbonyl (C=O) groups excluding carboxylic acids is 2. The van der Waals surface area contributed by atoms with Crippen molar-refractivity contribution in [3.8, 4) is 0 Å². The van der Waals surface area contributed by atoms with Gasteiger partial charge in [0.2, 0.25) is 5.91 Å². The van der Waals surface area contributed by atoms with Gasteiger partial charge in [0.1, 0.15) is 0 Å². The number of tetrazole rings is 1. The van der Waals surface area contributed by atoms with Crippen molar-refractivity contribution >= 4 is 17.5 Å². The van der Waals surface area contributed by atoms with Gasteiger partial charge in [0, 0.05) is 40.0 Å². The van der Waals surface area contributed by atoms with Crippen LogP contribution < -0.4 is 0 Å². The number of hydrogen-bond donors (Lipinski definition) is 1. The molecule has 1 N–H and O–H groups in total. The molecule has 0 aliphatic carbocycles. The second-order valence-electron chi connectivity index (χ2n) is 7.25. The molecule has 1 aliphatic heterocycles. The molecule has 0 saturated carbocycles. The smallest absolute Gasteiger partial charge is 0.257 e. The van der Waals surface area contributed by atoms with Crippen molar-refractivity contribution < 1.29 is 19.4 Å². The fraction of sp³-hybridized carbons (Fsp3) is 0.611. The van der Waals surface area contributed by atoms with Crippen LogP contribution in [0.2, 0.25) is 0 Å². The fourth-order valence-electron chi connectivity index (χ4n) is 3.53. The zero-order valence-corrected chi connectivity index (χ0v) is 16.4. The summed E-state index contributed by atoms with van der Waals surface area (Å²) in [6.45, 7) is 2.79. The third kappa shape index (κ3) is 4.28. The van der Waals surface area contributed by atoms with Crippen molar-refractivity contribution in [3.63, 3.8) is 0 Å². The van der Waals surface area contributed by atoms with E-state index in [1.165, 1.54) is 14.3 Å². The molecule has 2 amide bonds. The normalized spacial score (nSPS) is 20.7. The number of aliphatic hydroxyl groups is 1. The molecule has 0 bridgehead atoms. The molecule has 1 fully saturated rings. The van der Waals surface area contributed by atoms with Crippen LogP contribution in [0.25, 0.3) is 5.65 Å². The van der Waals surface area contributed by atoms with Crippen molar-refractivity contribution in [2.24, 2.45) is 5.92 Å². The van der Waals surface area contributed by atoms with Gasteiger partial charge >= 0.3 is 0 Å². The summed E-state index contributed by atoms with van der Waals surface area (Å²) in [4.78, 5) is 28.3. The lowest BCUT2D eigenvalue weighted by molar-refractivity contribution is -0.144. The molecule has 3 heterocycles. The Bertz CT molecular complexity index is 840. The molecule has 2 aromatic heterocycles. The summed E-state index contributed by atoms with van der Waals surface area (Å²) in [6.07, 6.45) is 2.30. The summed E-state index contributed by atoms with van der Waals surface area (Å²) >= 11 is 0. The van der Waals surface area contributed by atoms with Crippen molar-refractivity contribution in [2.45, 2.75) is 32.0 Å². The molecular weight excluding hydrogens is 364 g/mol. The van der Waals surface area contributed by atoms with E-state index in [0.717, 1.165) is 12.8 Å². The Hall–Kier alpha value is -2.59. The number of fused-ring (bicyclic) bond motifs is 1. The van der Waals surface area contributed by atoms with Gasteiger partial charge in [0.25, 0.3) is 5.91 Å². The van der Waals surface area contributed by atoms with E-state index in [0.29, 0.717) is 17.8 Å². The van der Waals surface area contributed by atoms with Gasteiger partial charge < -0.3 is 19.6 Å². The Morgan fingerprint density at radius 1 is 1.36 bits per heavy atom. The quantitative estimate of drug-likeness (QED) is 0.728. The van der Waals surface area contributed by atoms with Gasteiger partial charge in [-0.3, -0.25) is 9.59 Å². The van der Waals surface area contributed by atoms with Crippen LogP contribution in [0.3, 0.4) is 0 Å². The Labute approximate surface area is 163 Å². The summed E-state index contributed by atoms with van der Waals surface area (Å²) in [7, 11) is 3.26. The van der Waals surface area contributed by atoms with E-state index in [2.05, 4.69) is 15.5 Å². The standard InChI is InChI=1S/C18H26N6O4/c1-12-14(7-5-9-28-12)17(26)22(2)10-13(25)11-23(3)18(27)15-6-4-8-24-16(15)19-20-21-24/h4,6,8,12-14,25H,5,7,9-11H2,1-3H3. The highest BCUT2D eigenvalue weighted by molar-refractivity contribution is 5.99. The highest BCUT2D eigenvalue weighted by atomic mass is 16.5. The van der Waals surface area contributed by atoms with Crippen molar-refractivity contribution in [3.05, 3.63) is 23.9 Å². The minimum atomic E-state index is -0.876. The first kappa shape index (κ1) is 20.2. The third-order valence-corrected chi connectivity index (χ3v) is 5.07. The molecule has 0 spiro atoms. The second-order valence-corrected chi connectivity index (χ2v) is 7.25. The Kier molecular flexibility index (Phi) is 6.20. The van der Waals surface area contributed by atoms with Gasteiger partial charge in [-0.1, -0.05) is 0 Å². The summed E-state index contributed by atoms with van der Waals surface area (Å²) in [5.41, 5.74) is 0.701. The minimum absolute atomic E-state index is 0.0421. The van der Waals surface area contributed by atoms with E-state index >= 15 is 0 Å². The molecule has 10 heteroatoms. The van der Waals surface area contributed by atoms with Crippen LogP contribution in [0.5, 0.6) is 0 Å². The lowest BCUT2D eigenvalue weighted by Crippen LogP contribution is -2.46. The Morgan fingerprint density at radius 3 is 2.86 bits per heavy atom. The predicted octanol–water partition coefficient (Wildman–Crippen LogP) is -0.169. The number of ether oxygens (including phenoxy) is 1. The number of nitrogens with zero attached hydrogens (tertiary/aromatic N) is 6. The number of aromatic nitrogens is 4. The summed E-state index contributed by atoms with van der Waals surface area (Å²) < 4.78 is 6.97. The zero-order chi connectivity index (χ0) is 20.3. The van der Waals surface area contributed by atoms with Crippen molar-refractivity contribution in [1.82, 2.24) is 29.8 Å². The van der Waals surface area contributed by atoms with Crippen LogP contribution in [0.15, 0.2) is 18.3 Å². The van der Waals surface area contributed by atoms with Gasteiger partial charge in [-0.25, -0.2) is 0 Å². The first-order chi connectivity index (χ1) is 13.4. The number of hydrogen-bond acceptors (Lipinski definition) is 7. The van der Waals surface area contributed by atoms with Crippen LogP contribution in [-0.2, 0) is 9.53 Å². The van der Waals surface area contributed by atoms with Gasteiger partial charge in [0.05, 0.1) is 23.7 Å². The second kappa shape index (κ2) is 8.61. The SMILES string of the molecule is CC1OCCCC1C(=O)N(C)CC(O)CN(C)C(=O)c1cccn2nnnc12. The number of likely N-dealkylation sites (N-methyl/N-ethyl adjacent to an activating group) is 2. The molecule has 1 saturated heterocycles. The number of pyridine rings is 1. The van der Waals surface area contributed by atoms with Gasteiger partial charge in [-0.05, 0) is 42.3 Å². The molecule has 0 radical (unpaired) electrons. The number of aliphatic hydroxyl groups excluding tert-OH is 1. The van der Waals surface area contributed by atoms with Crippen molar-refractivity contribution in [1.29, 1.82) is 0 Å². The fourth-order valence-corrected chi connectivity index (χ4v) is 3.53. The van der Waals surface area contributed by atoms with E-state index in [4.69, 9.17) is 4.74 Å². The monoisotopic (exact) mass is 390 g/mol. The Balaban J connectivity index is 1.57. The van der Waals surface area contributed by atoms with Crippen LogP contribution in [0.1, 0.15) is 30.1 Å². The maximum Gasteiger partial charge on any atom is 0.257 e. The minimum Gasteiger partial charge on any atom is -0.389 e. The molecule has 1 aliphatic rings. The van der Waals surface area contributed by atoms with Crippen LogP contribution in [0, 0.1) is 5.92 Å². The van der Waals surface area contributed by atoms with E-state index < -0.39 is 6.10 Å². The van der Waals surface area contributed by atoms with Gasteiger partial charge in [-0.2, -0.15) is 4.52 Å². The van der Waals surface area contributed by atoms with E-state index in [9.17, 15) is 14.7 Å². The Morgan fingerprint density at radius 2 is 2.11 bits per heavy atom. The number of amides is 2. The highest BCUT2D eigenvalue weighted by Crippen LogP contribution is 2.22. The molecule has 3 unspecified atom stereocenters. The first-order valence-corrected chi connectivity index (χ1v) is 9.35. The maximum absolute atomic E-state index is 12.7. The average Bonchev–Trinajstić information content (AvgIpc) is 3.15. The van der Waals surface area contributed by atoms with E-state index in [1.807, 2.05) is 6.92 Å². The van der Waals surface area contributed by atoms with Gasteiger partial charge in [0.15, 0.2) is 5.65 Å².